The molecule has 0 saturated carbocycles. The summed E-state index contributed by atoms with van der Waals surface area (Å²) in [7, 11) is 2.81. The molecule has 0 unspecified atom stereocenters. The summed E-state index contributed by atoms with van der Waals surface area (Å²) in [6.07, 6.45) is 0. The van der Waals surface area contributed by atoms with Crippen LogP contribution >= 0.6 is 0 Å². The number of methoxy groups -OCH3 is 2. The van der Waals surface area contributed by atoms with Gasteiger partial charge in [-0.3, -0.25) is 9.59 Å². The first kappa shape index (κ1) is 20.6. The number of hydrogen-bond donors (Lipinski definition) is 2. The molecule has 30 heavy (non-hydrogen) atoms. The van der Waals surface area contributed by atoms with Gasteiger partial charge in [0.25, 0.3) is 11.8 Å². The first-order valence-electron chi connectivity index (χ1n) is 9.06. The van der Waals surface area contributed by atoms with Crippen LogP contribution in [0.15, 0.2) is 72.8 Å². The van der Waals surface area contributed by atoms with Gasteiger partial charge in [0.2, 0.25) is 0 Å². The van der Waals surface area contributed by atoms with Crippen molar-refractivity contribution in [2.24, 2.45) is 0 Å². The minimum Gasteiger partial charge on any atom is -0.497 e. The van der Waals surface area contributed by atoms with E-state index in [1.807, 2.05) is 0 Å². The van der Waals surface area contributed by atoms with Gasteiger partial charge >= 0.3 is 5.97 Å². The molecule has 0 atom stereocenters. The third kappa shape index (κ3) is 4.82. The smallest absolute Gasteiger partial charge is 0.339 e. The predicted octanol–water partition coefficient (Wildman–Crippen LogP) is 3.99. The monoisotopic (exact) mass is 404 g/mol. The number of anilines is 2. The number of rotatable bonds is 6. The molecule has 0 bridgehead atoms. The van der Waals surface area contributed by atoms with Gasteiger partial charge in [0.15, 0.2) is 0 Å². The molecule has 0 aliphatic heterocycles. The number of carbonyl (C=O) groups excluding carboxylic acids is 3. The second-order valence-electron chi connectivity index (χ2n) is 6.25. The van der Waals surface area contributed by atoms with Crippen molar-refractivity contribution >= 4 is 29.2 Å². The minimum atomic E-state index is -0.540. The van der Waals surface area contributed by atoms with Crippen LogP contribution < -0.4 is 15.4 Å². The fourth-order valence-corrected chi connectivity index (χ4v) is 2.75. The Morgan fingerprint density at radius 3 is 2.13 bits per heavy atom. The Morgan fingerprint density at radius 2 is 1.43 bits per heavy atom. The highest BCUT2D eigenvalue weighted by atomic mass is 16.5. The average Bonchev–Trinajstić information content (AvgIpc) is 2.79. The normalized spacial score (nSPS) is 10.1. The number of benzene rings is 3. The van der Waals surface area contributed by atoms with Crippen LogP contribution in [-0.4, -0.2) is 32.0 Å². The van der Waals surface area contributed by atoms with Gasteiger partial charge < -0.3 is 20.1 Å². The Bertz CT molecular complexity index is 1080. The molecule has 3 rings (SSSR count). The number of amides is 2. The van der Waals surface area contributed by atoms with Gasteiger partial charge in [-0.15, -0.1) is 0 Å². The molecule has 0 aromatic heterocycles. The summed E-state index contributed by atoms with van der Waals surface area (Å²) in [5.74, 6) is -0.640. The van der Waals surface area contributed by atoms with Crippen molar-refractivity contribution in [2.75, 3.05) is 24.9 Å². The molecule has 3 aromatic rings. The number of para-hydroxylation sites is 1. The van der Waals surface area contributed by atoms with E-state index in [4.69, 9.17) is 9.47 Å². The standard InChI is InChI=1S/C23H20N2O5/c1-29-18-7-5-6-16(14-18)22(27)24-17-12-10-15(11-13-17)21(26)25-20-9-4-3-8-19(20)23(28)30-2/h3-14H,1-2H3,(H,24,27)(H,25,26). The van der Waals surface area contributed by atoms with Gasteiger partial charge in [0.1, 0.15) is 5.75 Å². The Balaban J connectivity index is 1.69. The molecule has 0 aliphatic rings. The van der Waals surface area contributed by atoms with Crippen molar-refractivity contribution in [2.45, 2.75) is 0 Å². The van der Waals surface area contributed by atoms with Crippen molar-refractivity contribution in [1.29, 1.82) is 0 Å². The van der Waals surface area contributed by atoms with Crippen molar-refractivity contribution in [3.8, 4) is 5.75 Å². The molecule has 0 saturated heterocycles. The zero-order chi connectivity index (χ0) is 21.5. The van der Waals surface area contributed by atoms with Crippen molar-refractivity contribution in [1.82, 2.24) is 0 Å². The topological polar surface area (TPSA) is 93.7 Å². The van der Waals surface area contributed by atoms with Crippen LogP contribution in [0.3, 0.4) is 0 Å². The molecule has 7 heteroatoms. The lowest BCUT2D eigenvalue weighted by Crippen LogP contribution is -2.16. The van der Waals surface area contributed by atoms with Crippen molar-refractivity contribution in [3.05, 3.63) is 89.5 Å². The quantitative estimate of drug-likeness (QED) is 0.606. The van der Waals surface area contributed by atoms with E-state index >= 15 is 0 Å². The molecular weight excluding hydrogens is 384 g/mol. The highest BCUT2D eigenvalue weighted by Crippen LogP contribution is 2.19. The fourth-order valence-electron chi connectivity index (χ4n) is 2.75. The lowest BCUT2D eigenvalue weighted by molar-refractivity contribution is 0.0601. The molecule has 0 aliphatic carbocycles. The number of hydrogen-bond acceptors (Lipinski definition) is 5. The second kappa shape index (κ2) is 9.38. The van der Waals surface area contributed by atoms with E-state index in [1.165, 1.54) is 14.2 Å². The summed E-state index contributed by atoms with van der Waals surface area (Å²) in [4.78, 5) is 36.8. The van der Waals surface area contributed by atoms with E-state index in [-0.39, 0.29) is 11.5 Å². The maximum atomic E-state index is 12.5. The zero-order valence-corrected chi connectivity index (χ0v) is 16.5. The van der Waals surface area contributed by atoms with Gasteiger partial charge in [-0.2, -0.15) is 0 Å². The Kier molecular flexibility index (Phi) is 6.44. The van der Waals surface area contributed by atoms with E-state index in [9.17, 15) is 14.4 Å². The summed E-state index contributed by atoms with van der Waals surface area (Å²) in [6, 6.07) is 19.8. The SMILES string of the molecule is COC(=O)c1ccccc1NC(=O)c1ccc(NC(=O)c2cccc(OC)c2)cc1. The number of carbonyl (C=O) groups is 3. The van der Waals surface area contributed by atoms with Gasteiger partial charge in [-0.05, 0) is 54.6 Å². The highest BCUT2D eigenvalue weighted by Gasteiger charge is 2.14. The van der Waals surface area contributed by atoms with Gasteiger partial charge in [0.05, 0.1) is 25.5 Å². The molecule has 152 valence electrons. The third-order valence-corrected chi connectivity index (χ3v) is 4.32. The molecule has 0 spiro atoms. The number of ether oxygens (including phenoxy) is 2. The van der Waals surface area contributed by atoms with Gasteiger partial charge in [-0.1, -0.05) is 18.2 Å². The summed E-state index contributed by atoms with van der Waals surface area (Å²) < 4.78 is 9.85. The van der Waals surface area contributed by atoms with E-state index in [0.29, 0.717) is 28.3 Å². The van der Waals surface area contributed by atoms with Gasteiger partial charge in [-0.25, -0.2) is 4.79 Å². The lowest BCUT2D eigenvalue weighted by atomic mass is 10.1. The average molecular weight is 404 g/mol. The Labute approximate surface area is 173 Å². The fraction of sp³-hybridized carbons (Fsp3) is 0.0870. The molecule has 2 amide bonds. The summed E-state index contributed by atoms with van der Waals surface area (Å²) in [5.41, 5.74) is 1.97. The van der Waals surface area contributed by atoms with E-state index < -0.39 is 11.9 Å². The minimum absolute atomic E-state index is 0.260. The zero-order valence-electron chi connectivity index (χ0n) is 16.5. The van der Waals surface area contributed by atoms with Crippen LogP contribution in [0.4, 0.5) is 11.4 Å². The third-order valence-electron chi connectivity index (χ3n) is 4.32. The molecule has 0 fully saturated rings. The van der Waals surface area contributed by atoms with Crippen LogP contribution in [0.1, 0.15) is 31.1 Å². The van der Waals surface area contributed by atoms with E-state index in [0.717, 1.165) is 0 Å². The first-order chi connectivity index (χ1) is 14.5. The number of nitrogens with one attached hydrogen (secondary N) is 2. The highest BCUT2D eigenvalue weighted by molar-refractivity contribution is 6.08. The van der Waals surface area contributed by atoms with Crippen LogP contribution in [0.2, 0.25) is 0 Å². The Morgan fingerprint density at radius 1 is 0.733 bits per heavy atom. The summed E-state index contributed by atoms with van der Waals surface area (Å²) >= 11 is 0. The Hall–Kier alpha value is -4.13. The molecular formula is C23H20N2O5. The molecule has 0 radical (unpaired) electrons. The summed E-state index contributed by atoms with van der Waals surface area (Å²) in [5, 5.41) is 5.47. The van der Waals surface area contributed by atoms with Crippen molar-refractivity contribution < 1.29 is 23.9 Å². The number of esters is 1. The van der Waals surface area contributed by atoms with Crippen molar-refractivity contribution in [3.63, 3.8) is 0 Å². The first-order valence-corrected chi connectivity index (χ1v) is 9.06. The van der Waals surface area contributed by atoms with E-state index in [2.05, 4.69) is 10.6 Å². The second-order valence-corrected chi connectivity index (χ2v) is 6.25. The molecule has 7 nitrogen and oxygen atoms in total. The van der Waals surface area contributed by atoms with E-state index in [1.54, 1.807) is 72.8 Å². The maximum Gasteiger partial charge on any atom is 0.339 e. The maximum absolute atomic E-state index is 12.5. The molecule has 0 heterocycles. The van der Waals surface area contributed by atoms with Crippen LogP contribution in [0.5, 0.6) is 5.75 Å². The van der Waals surface area contributed by atoms with Crippen LogP contribution in [0, 0.1) is 0 Å². The van der Waals surface area contributed by atoms with Crippen LogP contribution in [0.25, 0.3) is 0 Å². The largest absolute Gasteiger partial charge is 0.497 e. The summed E-state index contributed by atoms with van der Waals surface area (Å²) in [6.45, 7) is 0. The van der Waals surface area contributed by atoms with Gasteiger partial charge in [0, 0.05) is 16.8 Å². The van der Waals surface area contributed by atoms with Crippen LogP contribution in [-0.2, 0) is 4.74 Å². The molecule has 2 N–H and O–H groups in total. The predicted molar refractivity (Wildman–Crippen MR) is 113 cm³/mol. The lowest BCUT2D eigenvalue weighted by Gasteiger charge is -2.10. The molecule has 3 aromatic carbocycles.